The molecule has 0 aliphatic carbocycles. The topological polar surface area (TPSA) is 110 Å². The Kier molecular flexibility index (Phi) is 7.28. The highest BCUT2D eigenvalue weighted by Gasteiger charge is 2.41. The van der Waals surface area contributed by atoms with E-state index >= 15 is 0 Å². The van der Waals surface area contributed by atoms with Crippen LogP contribution in [0.3, 0.4) is 0 Å². The van der Waals surface area contributed by atoms with Crippen molar-refractivity contribution in [3.8, 4) is 11.5 Å². The molecule has 11 heteroatoms. The fourth-order valence-corrected chi connectivity index (χ4v) is 8.22. The van der Waals surface area contributed by atoms with Crippen LogP contribution in [0.4, 0.5) is 0 Å². The normalized spacial score (nSPS) is 22.0. The number of rotatable bonds is 7. The number of hydrogen-bond acceptors (Lipinski definition) is 7. The molecule has 2 fully saturated rings. The minimum Gasteiger partial charge on any atom is -0.493 e. The summed E-state index contributed by atoms with van der Waals surface area (Å²) in [7, 11) is -5.42. The van der Waals surface area contributed by atoms with Crippen molar-refractivity contribution >= 4 is 31.8 Å². The number of sulfone groups is 1. The minimum atomic E-state index is -3.68. The third kappa shape index (κ3) is 5.58. The second kappa shape index (κ2) is 9.58. The summed E-state index contributed by atoms with van der Waals surface area (Å²) in [6.45, 7) is 3.24. The molecule has 0 spiro atoms. The summed E-state index contributed by atoms with van der Waals surface area (Å²) in [5.41, 5.74) is 0.775. The van der Waals surface area contributed by atoms with Crippen molar-refractivity contribution < 1.29 is 31.1 Å². The number of ether oxygens (including phenoxy) is 2. The lowest BCUT2D eigenvalue weighted by Gasteiger charge is -2.34. The zero-order chi connectivity index (χ0) is 22.6. The first-order valence-electron chi connectivity index (χ1n) is 10.1. The summed E-state index contributed by atoms with van der Waals surface area (Å²) in [5.74, 6) is 0.581. The van der Waals surface area contributed by atoms with Crippen molar-refractivity contribution in [2.45, 2.75) is 18.6 Å². The number of hydrogen-bond donors (Lipinski definition) is 0. The van der Waals surface area contributed by atoms with Crippen LogP contribution in [0.5, 0.6) is 11.5 Å². The maximum absolute atomic E-state index is 12.7. The van der Waals surface area contributed by atoms with E-state index in [0.717, 1.165) is 5.56 Å². The van der Waals surface area contributed by atoms with Gasteiger partial charge in [-0.3, -0.25) is 4.79 Å². The van der Waals surface area contributed by atoms with Gasteiger partial charge in [-0.15, -0.1) is 0 Å². The Hall–Kier alpha value is -2.11. The van der Waals surface area contributed by atoms with Crippen LogP contribution >= 0.6 is 0 Å². The average Bonchev–Trinajstić information content (AvgIpc) is 3.13. The highest BCUT2D eigenvalue weighted by atomic mass is 32.2. The lowest BCUT2D eigenvalue weighted by molar-refractivity contribution is -0.127. The predicted octanol–water partition coefficient (Wildman–Crippen LogP) is 0.768. The van der Waals surface area contributed by atoms with Gasteiger partial charge in [-0.2, -0.15) is 4.31 Å². The van der Waals surface area contributed by atoms with Crippen LogP contribution < -0.4 is 9.47 Å². The van der Waals surface area contributed by atoms with Crippen LogP contribution in [0, 0.1) is 0 Å². The monoisotopic (exact) mass is 472 g/mol. The standard InChI is InChI=1S/C20H28N2O7S2/c1-3-29-18-6-4-16(14-19(18)28-2)5-7-20(23)21-9-11-22(12-10-21)31(26,27)17-8-13-30(24,25)15-17/h4-7,14,17H,3,8-13,15H2,1-2H3/b7-5+. The second-order valence-corrected chi connectivity index (χ2v) is 11.9. The van der Waals surface area contributed by atoms with Gasteiger partial charge in [0.2, 0.25) is 15.9 Å². The number of sulfonamides is 1. The van der Waals surface area contributed by atoms with E-state index in [4.69, 9.17) is 9.47 Å². The molecule has 0 saturated carbocycles. The van der Waals surface area contributed by atoms with E-state index in [1.165, 1.54) is 10.4 Å². The van der Waals surface area contributed by atoms with Crippen LogP contribution in [0.25, 0.3) is 6.08 Å². The van der Waals surface area contributed by atoms with Crippen LogP contribution in [0.2, 0.25) is 0 Å². The van der Waals surface area contributed by atoms with E-state index in [0.29, 0.717) is 18.1 Å². The molecular formula is C20H28N2O7S2. The van der Waals surface area contributed by atoms with Gasteiger partial charge >= 0.3 is 0 Å². The summed E-state index contributed by atoms with van der Waals surface area (Å²) >= 11 is 0. The summed E-state index contributed by atoms with van der Waals surface area (Å²) in [6.07, 6.45) is 3.26. The molecule has 1 aromatic carbocycles. The fraction of sp³-hybridized carbons (Fsp3) is 0.550. The number of nitrogens with zero attached hydrogens (tertiary/aromatic N) is 2. The molecule has 2 heterocycles. The second-order valence-electron chi connectivity index (χ2n) is 7.47. The molecule has 0 N–H and O–H groups in total. The molecule has 1 atom stereocenters. The molecule has 0 aromatic heterocycles. The molecule has 2 aliphatic heterocycles. The van der Waals surface area contributed by atoms with Gasteiger partial charge in [-0.25, -0.2) is 16.8 Å². The van der Waals surface area contributed by atoms with Gasteiger partial charge in [0, 0.05) is 32.3 Å². The van der Waals surface area contributed by atoms with E-state index in [2.05, 4.69) is 0 Å². The Morgan fingerprint density at radius 2 is 1.90 bits per heavy atom. The number of piperazine rings is 1. The molecule has 1 unspecified atom stereocenters. The largest absolute Gasteiger partial charge is 0.493 e. The van der Waals surface area contributed by atoms with Crippen LogP contribution in [0.1, 0.15) is 18.9 Å². The van der Waals surface area contributed by atoms with Gasteiger partial charge in [0.05, 0.1) is 30.5 Å². The lowest BCUT2D eigenvalue weighted by Crippen LogP contribution is -2.52. The number of amides is 1. The zero-order valence-electron chi connectivity index (χ0n) is 17.7. The van der Waals surface area contributed by atoms with Gasteiger partial charge in [0.15, 0.2) is 21.3 Å². The maximum atomic E-state index is 12.7. The van der Waals surface area contributed by atoms with Gasteiger partial charge in [0.1, 0.15) is 0 Å². The molecule has 1 amide bonds. The molecule has 2 aliphatic rings. The molecule has 1 aromatic rings. The van der Waals surface area contributed by atoms with Crippen LogP contribution in [-0.2, 0) is 24.7 Å². The maximum Gasteiger partial charge on any atom is 0.246 e. The third-order valence-corrected chi connectivity index (χ3v) is 9.74. The van der Waals surface area contributed by atoms with Crippen LogP contribution in [0.15, 0.2) is 24.3 Å². The van der Waals surface area contributed by atoms with Gasteiger partial charge in [0.25, 0.3) is 0 Å². The van der Waals surface area contributed by atoms with Gasteiger partial charge in [-0.05, 0) is 37.1 Å². The average molecular weight is 473 g/mol. The van der Waals surface area contributed by atoms with E-state index in [-0.39, 0.29) is 50.0 Å². The van der Waals surface area contributed by atoms with Gasteiger partial charge < -0.3 is 14.4 Å². The Balaban J connectivity index is 1.58. The highest BCUT2D eigenvalue weighted by Crippen LogP contribution is 2.28. The zero-order valence-corrected chi connectivity index (χ0v) is 19.3. The minimum absolute atomic E-state index is 0.0868. The first-order valence-corrected chi connectivity index (χ1v) is 13.5. The lowest BCUT2D eigenvalue weighted by atomic mass is 10.2. The van der Waals surface area contributed by atoms with Crippen molar-refractivity contribution in [2.24, 2.45) is 0 Å². The van der Waals surface area contributed by atoms with E-state index < -0.39 is 25.1 Å². The van der Waals surface area contributed by atoms with Crippen molar-refractivity contribution in [3.63, 3.8) is 0 Å². The molecule has 172 valence electrons. The summed E-state index contributed by atoms with van der Waals surface area (Å²) < 4.78 is 60.8. The molecule has 9 nitrogen and oxygen atoms in total. The molecule has 0 bridgehead atoms. The summed E-state index contributed by atoms with van der Waals surface area (Å²) in [4.78, 5) is 14.1. The smallest absolute Gasteiger partial charge is 0.246 e. The molecule has 31 heavy (non-hydrogen) atoms. The first kappa shape index (κ1) is 23.6. The van der Waals surface area contributed by atoms with Crippen molar-refractivity contribution in [2.75, 3.05) is 51.4 Å². The predicted molar refractivity (Wildman–Crippen MR) is 117 cm³/mol. The van der Waals surface area contributed by atoms with E-state index in [1.807, 2.05) is 13.0 Å². The number of benzene rings is 1. The number of carbonyl (C=O) groups excluding carboxylic acids is 1. The first-order chi connectivity index (χ1) is 14.7. The molecule has 2 saturated heterocycles. The molecule has 3 rings (SSSR count). The summed E-state index contributed by atoms with van der Waals surface area (Å²) in [5, 5.41) is -0.880. The SMILES string of the molecule is CCOc1ccc(/C=C/C(=O)N2CCN(S(=O)(=O)C3CCS(=O)(=O)C3)CC2)cc1OC. The Labute approximate surface area is 183 Å². The quantitative estimate of drug-likeness (QED) is 0.539. The molecule has 0 radical (unpaired) electrons. The van der Waals surface area contributed by atoms with Crippen molar-refractivity contribution in [1.29, 1.82) is 0 Å². The van der Waals surface area contributed by atoms with E-state index in [9.17, 15) is 21.6 Å². The third-order valence-electron chi connectivity index (χ3n) is 5.43. The van der Waals surface area contributed by atoms with Crippen LogP contribution in [-0.4, -0.2) is 88.6 Å². The summed E-state index contributed by atoms with van der Waals surface area (Å²) in [6, 6.07) is 5.37. The Bertz CT molecular complexity index is 1040. The Morgan fingerprint density at radius 1 is 1.19 bits per heavy atom. The number of carbonyl (C=O) groups is 1. The Morgan fingerprint density at radius 3 is 2.48 bits per heavy atom. The molecular weight excluding hydrogens is 444 g/mol. The highest BCUT2D eigenvalue weighted by molar-refractivity contribution is 7.95. The van der Waals surface area contributed by atoms with Crippen molar-refractivity contribution in [3.05, 3.63) is 29.8 Å². The van der Waals surface area contributed by atoms with Gasteiger partial charge in [-0.1, -0.05) is 6.07 Å². The van der Waals surface area contributed by atoms with Crippen molar-refractivity contribution in [1.82, 2.24) is 9.21 Å². The fourth-order valence-electron chi connectivity index (χ4n) is 3.71. The van der Waals surface area contributed by atoms with E-state index in [1.54, 1.807) is 30.2 Å². The number of methoxy groups -OCH3 is 1.